The first-order valence-corrected chi connectivity index (χ1v) is 11.3. The molecule has 3 aromatic carbocycles. The van der Waals surface area contributed by atoms with Crippen LogP contribution in [0.1, 0.15) is 0 Å². The van der Waals surface area contributed by atoms with Crippen LogP contribution in [-0.4, -0.2) is 18.9 Å². The topological polar surface area (TPSA) is 68.2 Å². The van der Waals surface area contributed by atoms with Crippen LogP contribution in [0.3, 0.4) is 0 Å². The lowest BCUT2D eigenvalue weighted by Crippen LogP contribution is -2.18. The van der Waals surface area contributed by atoms with E-state index in [1.807, 2.05) is 0 Å². The molecule has 158 valence electrons. The van der Waals surface area contributed by atoms with Crippen molar-refractivity contribution in [2.45, 2.75) is 16.3 Å². The van der Waals surface area contributed by atoms with E-state index in [-0.39, 0.29) is 21.4 Å². The van der Waals surface area contributed by atoms with Gasteiger partial charge in [0.05, 0.1) is 25.5 Å². The third kappa shape index (κ3) is 4.17. The summed E-state index contributed by atoms with van der Waals surface area (Å²) in [7, 11) is -3.93. The fourth-order valence-corrected chi connectivity index (χ4v) is 5.07. The Labute approximate surface area is 187 Å². The molecule has 0 unspecified atom stereocenters. The summed E-state index contributed by atoms with van der Waals surface area (Å²) in [6, 6.07) is 16.3. The number of nitrogens with zero attached hydrogens (tertiary/aromatic N) is 1. The largest absolute Gasteiger partial charge is 0.337 e. The molecule has 9 heteroatoms. The predicted molar refractivity (Wildman–Crippen MR) is 119 cm³/mol. The quantitative estimate of drug-likeness (QED) is 0.383. The highest BCUT2D eigenvalue weighted by atomic mass is 35.5. The van der Waals surface area contributed by atoms with Crippen LogP contribution in [0.2, 0.25) is 10.0 Å². The number of aromatic nitrogens is 1. The number of carbonyl (C=O) groups is 1. The first kappa shape index (κ1) is 21.4. The molecule has 5 nitrogen and oxygen atoms in total. The Hall–Kier alpha value is -2.87. The van der Waals surface area contributed by atoms with Gasteiger partial charge in [0, 0.05) is 17.1 Å². The van der Waals surface area contributed by atoms with Gasteiger partial charge in [-0.2, -0.15) is 0 Å². The van der Waals surface area contributed by atoms with E-state index in [9.17, 15) is 17.6 Å². The molecule has 1 heterocycles. The molecular formula is C22H15Cl2FN2O3S. The molecule has 31 heavy (non-hydrogen) atoms. The van der Waals surface area contributed by atoms with Crippen LogP contribution in [0.5, 0.6) is 0 Å². The maximum atomic E-state index is 13.2. The molecule has 4 rings (SSSR count). The van der Waals surface area contributed by atoms with Crippen molar-refractivity contribution in [2.75, 3.05) is 5.32 Å². The number of fused-ring (bicyclic) bond motifs is 1. The first-order valence-electron chi connectivity index (χ1n) is 9.10. The number of rotatable bonds is 5. The number of hydrogen-bond donors (Lipinski definition) is 1. The summed E-state index contributed by atoms with van der Waals surface area (Å²) in [5.74, 6) is -0.937. The van der Waals surface area contributed by atoms with Crippen LogP contribution in [0.4, 0.5) is 10.1 Å². The Kier molecular flexibility index (Phi) is 5.75. The summed E-state index contributed by atoms with van der Waals surface area (Å²) in [4.78, 5) is 12.6. The summed E-state index contributed by atoms with van der Waals surface area (Å²) in [6.07, 6.45) is 1.41. The standard InChI is InChI=1S/C22H15Cl2FN2O3S/c23-17-5-3-6-18(22(17)24)26-21(28)13-27-12-20(16-4-1-2-7-19(16)27)31(29,30)15-10-8-14(25)9-11-15/h1-12H,13H2,(H,26,28). The predicted octanol–water partition coefficient (Wildman–Crippen LogP) is 5.56. The second-order valence-corrected chi connectivity index (χ2v) is 9.45. The van der Waals surface area contributed by atoms with E-state index in [0.717, 1.165) is 12.1 Å². The second-order valence-electron chi connectivity index (χ2n) is 6.75. The molecule has 0 saturated heterocycles. The molecule has 0 bridgehead atoms. The number of halogens is 3. The van der Waals surface area contributed by atoms with Crippen LogP contribution < -0.4 is 5.32 Å². The van der Waals surface area contributed by atoms with Gasteiger partial charge in [0.15, 0.2) is 0 Å². The monoisotopic (exact) mass is 476 g/mol. The van der Waals surface area contributed by atoms with Crippen molar-refractivity contribution in [2.24, 2.45) is 0 Å². The Balaban J connectivity index is 1.71. The number of amides is 1. The normalized spacial score (nSPS) is 11.6. The Morgan fingerprint density at radius 3 is 2.42 bits per heavy atom. The van der Waals surface area contributed by atoms with Crippen LogP contribution in [0, 0.1) is 5.82 Å². The molecule has 1 amide bonds. The fraction of sp³-hybridized carbons (Fsp3) is 0.0455. The van der Waals surface area contributed by atoms with Crippen molar-refractivity contribution in [3.05, 3.63) is 88.8 Å². The van der Waals surface area contributed by atoms with Gasteiger partial charge in [-0.05, 0) is 42.5 Å². The van der Waals surface area contributed by atoms with Gasteiger partial charge >= 0.3 is 0 Å². The van der Waals surface area contributed by atoms with Crippen molar-refractivity contribution in [3.8, 4) is 0 Å². The minimum absolute atomic E-state index is 0.0308. The zero-order valence-electron chi connectivity index (χ0n) is 15.8. The number of benzene rings is 3. The summed E-state index contributed by atoms with van der Waals surface area (Å²) in [6.45, 7) is -0.151. The average molecular weight is 477 g/mol. The van der Waals surface area contributed by atoms with E-state index in [4.69, 9.17) is 23.2 Å². The average Bonchev–Trinajstić information content (AvgIpc) is 3.11. The minimum atomic E-state index is -3.93. The molecule has 0 radical (unpaired) electrons. The summed E-state index contributed by atoms with van der Waals surface area (Å²) in [5.41, 5.74) is 0.922. The van der Waals surface area contributed by atoms with Gasteiger partial charge in [0.2, 0.25) is 15.7 Å². The highest BCUT2D eigenvalue weighted by molar-refractivity contribution is 7.91. The van der Waals surface area contributed by atoms with Gasteiger partial charge in [-0.1, -0.05) is 47.5 Å². The van der Waals surface area contributed by atoms with E-state index >= 15 is 0 Å². The lowest BCUT2D eigenvalue weighted by atomic mass is 10.2. The molecule has 0 spiro atoms. The van der Waals surface area contributed by atoms with Gasteiger partial charge in [-0.15, -0.1) is 0 Å². The van der Waals surface area contributed by atoms with Gasteiger partial charge in [-0.25, -0.2) is 12.8 Å². The van der Waals surface area contributed by atoms with Gasteiger partial charge in [0.1, 0.15) is 12.4 Å². The number of hydrogen-bond acceptors (Lipinski definition) is 3. The molecule has 4 aromatic rings. The SMILES string of the molecule is O=C(Cn1cc(S(=O)(=O)c2ccc(F)cc2)c2ccccc21)Nc1cccc(Cl)c1Cl. The van der Waals surface area contributed by atoms with Gasteiger partial charge in [0.25, 0.3) is 0 Å². The van der Waals surface area contributed by atoms with Crippen molar-refractivity contribution in [1.29, 1.82) is 0 Å². The van der Waals surface area contributed by atoms with Crippen LogP contribution >= 0.6 is 23.2 Å². The van der Waals surface area contributed by atoms with E-state index in [0.29, 0.717) is 21.6 Å². The molecule has 0 aliphatic rings. The van der Waals surface area contributed by atoms with E-state index < -0.39 is 21.6 Å². The number of carbonyl (C=O) groups excluding carboxylic acids is 1. The lowest BCUT2D eigenvalue weighted by Gasteiger charge is -2.09. The fourth-order valence-electron chi connectivity index (χ4n) is 3.24. The molecule has 0 aliphatic heterocycles. The van der Waals surface area contributed by atoms with Gasteiger partial charge in [-0.3, -0.25) is 4.79 Å². The maximum absolute atomic E-state index is 13.2. The lowest BCUT2D eigenvalue weighted by molar-refractivity contribution is -0.116. The van der Waals surface area contributed by atoms with E-state index in [1.165, 1.54) is 18.3 Å². The Morgan fingerprint density at radius 2 is 1.68 bits per heavy atom. The minimum Gasteiger partial charge on any atom is -0.337 e. The zero-order valence-corrected chi connectivity index (χ0v) is 18.2. The summed E-state index contributed by atoms with van der Waals surface area (Å²) in [5, 5.41) is 3.66. The second kappa shape index (κ2) is 8.34. The molecule has 0 aliphatic carbocycles. The van der Waals surface area contributed by atoms with Crippen LogP contribution in [-0.2, 0) is 21.2 Å². The Morgan fingerprint density at radius 1 is 0.968 bits per heavy atom. The highest BCUT2D eigenvalue weighted by Gasteiger charge is 2.24. The number of para-hydroxylation sites is 1. The van der Waals surface area contributed by atoms with Crippen LogP contribution in [0.25, 0.3) is 10.9 Å². The molecular weight excluding hydrogens is 462 g/mol. The summed E-state index contributed by atoms with van der Waals surface area (Å²) >= 11 is 12.1. The van der Waals surface area contributed by atoms with E-state index in [1.54, 1.807) is 47.0 Å². The van der Waals surface area contributed by atoms with Crippen LogP contribution in [0.15, 0.2) is 82.7 Å². The Bertz CT molecular complexity index is 1400. The smallest absolute Gasteiger partial charge is 0.244 e. The van der Waals surface area contributed by atoms with Crippen molar-refractivity contribution in [3.63, 3.8) is 0 Å². The third-order valence-corrected chi connectivity index (χ3v) is 7.32. The molecule has 0 fully saturated rings. The number of anilines is 1. The third-order valence-electron chi connectivity index (χ3n) is 4.71. The number of nitrogens with one attached hydrogen (secondary N) is 1. The summed E-state index contributed by atoms with van der Waals surface area (Å²) < 4.78 is 41.1. The van der Waals surface area contributed by atoms with Gasteiger partial charge < -0.3 is 9.88 Å². The van der Waals surface area contributed by atoms with Crippen molar-refractivity contribution >= 4 is 55.5 Å². The highest BCUT2D eigenvalue weighted by Crippen LogP contribution is 2.31. The number of sulfone groups is 1. The van der Waals surface area contributed by atoms with Crippen molar-refractivity contribution in [1.82, 2.24) is 4.57 Å². The molecule has 0 saturated carbocycles. The molecule has 0 atom stereocenters. The maximum Gasteiger partial charge on any atom is 0.244 e. The zero-order chi connectivity index (χ0) is 22.2. The van der Waals surface area contributed by atoms with Crippen molar-refractivity contribution < 1.29 is 17.6 Å². The van der Waals surface area contributed by atoms with E-state index in [2.05, 4.69) is 5.32 Å². The molecule has 1 N–H and O–H groups in total. The first-order chi connectivity index (χ1) is 14.8. The molecule has 1 aromatic heterocycles.